The Morgan fingerprint density at radius 3 is 2.53 bits per heavy atom. The van der Waals surface area contributed by atoms with E-state index in [9.17, 15) is 14.9 Å². The molecule has 0 saturated carbocycles. The number of pyridine rings is 1. The van der Waals surface area contributed by atoms with Gasteiger partial charge in [0.15, 0.2) is 5.78 Å². The van der Waals surface area contributed by atoms with Gasteiger partial charge in [-0.3, -0.25) is 19.9 Å². The van der Waals surface area contributed by atoms with Gasteiger partial charge < -0.3 is 0 Å². The number of ketones is 1. The number of Topliss-reactive ketones (excluding diaryl/α,β-unsaturated/α-hetero) is 1. The zero-order valence-electron chi connectivity index (χ0n) is 10.4. The van der Waals surface area contributed by atoms with Crippen LogP contribution in [0.3, 0.4) is 0 Å². The molecule has 0 spiro atoms. The highest BCUT2D eigenvalue weighted by molar-refractivity contribution is 5.99. The summed E-state index contributed by atoms with van der Waals surface area (Å²) in [4.78, 5) is 26.2. The molecule has 0 aliphatic heterocycles. The van der Waals surface area contributed by atoms with E-state index in [1.54, 1.807) is 31.5 Å². The van der Waals surface area contributed by atoms with Crippen LogP contribution in [-0.2, 0) is 6.42 Å². The first kappa shape index (κ1) is 12.9. The highest BCUT2D eigenvalue weighted by Gasteiger charge is 2.13. The Kier molecular flexibility index (Phi) is 3.66. The minimum absolute atomic E-state index is 0.00189. The smallest absolute Gasteiger partial charge is 0.269 e. The Labute approximate surface area is 110 Å². The van der Waals surface area contributed by atoms with Crippen molar-refractivity contribution in [2.24, 2.45) is 0 Å². The van der Waals surface area contributed by atoms with Gasteiger partial charge in [0.05, 0.1) is 4.92 Å². The summed E-state index contributed by atoms with van der Waals surface area (Å²) in [5, 5.41) is 10.6. The average molecular weight is 256 g/mol. The first-order chi connectivity index (χ1) is 9.08. The van der Waals surface area contributed by atoms with Crippen LogP contribution < -0.4 is 0 Å². The third kappa shape index (κ3) is 3.01. The fraction of sp³-hybridized carbons (Fsp3) is 0.143. The van der Waals surface area contributed by atoms with Crippen LogP contribution in [0.4, 0.5) is 5.69 Å². The third-order valence-corrected chi connectivity index (χ3v) is 2.84. The normalized spacial score (nSPS) is 10.2. The van der Waals surface area contributed by atoms with Crippen LogP contribution in [0.15, 0.2) is 42.7 Å². The molecular formula is C14H12N2O3. The first-order valence-corrected chi connectivity index (χ1v) is 5.75. The Morgan fingerprint density at radius 2 is 1.95 bits per heavy atom. The molecule has 0 bridgehead atoms. The van der Waals surface area contributed by atoms with Gasteiger partial charge in [0.2, 0.25) is 0 Å². The largest absolute Gasteiger partial charge is 0.294 e. The molecule has 5 nitrogen and oxygen atoms in total. The maximum atomic E-state index is 12.1. The highest BCUT2D eigenvalue weighted by Crippen LogP contribution is 2.18. The van der Waals surface area contributed by atoms with Gasteiger partial charge >= 0.3 is 0 Å². The molecule has 2 rings (SSSR count). The molecule has 2 aromatic rings. The number of benzene rings is 1. The lowest BCUT2D eigenvalue weighted by Gasteiger charge is -2.05. The monoisotopic (exact) mass is 256 g/mol. The summed E-state index contributed by atoms with van der Waals surface area (Å²) in [6.45, 7) is 1.70. The van der Waals surface area contributed by atoms with Crippen molar-refractivity contribution in [3.63, 3.8) is 0 Å². The second-order valence-corrected chi connectivity index (χ2v) is 4.21. The van der Waals surface area contributed by atoms with Crippen molar-refractivity contribution < 1.29 is 9.72 Å². The van der Waals surface area contributed by atoms with E-state index in [1.165, 1.54) is 18.2 Å². The third-order valence-electron chi connectivity index (χ3n) is 2.84. The van der Waals surface area contributed by atoms with Crippen molar-refractivity contribution in [3.8, 4) is 0 Å². The lowest BCUT2D eigenvalue weighted by Crippen LogP contribution is -2.06. The van der Waals surface area contributed by atoms with Gasteiger partial charge in [0.25, 0.3) is 5.69 Å². The number of aromatic nitrogens is 1. The van der Waals surface area contributed by atoms with E-state index in [1.807, 2.05) is 0 Å². The molecule has 1 heterocycles. The quantitative estimate of drug-likeness (QED) is 0.479. The van der Waals surface area contributed by atoms with Gasteiger partial charge in [-0.25, -0.2) is 0 Å². The van der Waals surface area contributed by atoms with Crippen LogP contribution in [-0.4, -0.2) is 15.7 Å². The maximum Gasteiger partial charge on any atom is 0.269 e. The van der Waals surface area contributed by atoms with Crippen LogP contribution in [0.1, 0.15) is 21.5 Å². The number of hydrogen-bond acceptors (Lipinski definition) is 4. The molecule has 0 N–H and O–H groups in total. The minimum atomic E-state index is -0.468. The summed E-state index contributed by atoms with van der Waals surface area (Å²) < 4.78 is 0. The van der Waals surface area contributed by atoms with Crippen LogP contribution in [0.2, 0.25) is 0 Å². The second kappa shape index (κ2) is 5.39. The first-order valence-electron chi connectivity index (χ1n) is 5.75. The molecule has 0 fully saturated rings. The molecule has 0 atom stereocenters. The summed E-state index contributed by atoms with van der Waals surface area (Å²) in [5.74, 6) is -0.0569. The Balaban J connectivity index is 2.22. The second-order valence-electron chi connectivity index (χ2n) is 4.21. The molecule has 5 heteroatoms. The van der Waals surface area contributed by atoms with E-state index in [-0.39, 0.29) is 17.9 Å². The molecule has 1 aromatic heterocycles. The lowest BCUT2D eigenvalue weighted by atomic mass is 9.99. The summed E-state index contributed by atoms with van der Waals surface area (Å²) in [6, 6.07) is 7.83. The molecule has 96 valence electrons. The van der Waals surface area contributed by atoms with Crippen LogP contribution in [0.25, 0.3) is 0 Å². The lowest BCUT2D eigenvalue weighted by molar-refractivity contribution is -0.384. The van der Waals surface area contributed by atoms with Gasteiger partial charge in [0.1, 0.15) is 0 Å². The topological polar surface area (TPSA) is 73.1 Å². The number of rotatable bonds is 4. The number of hydrogen-bond donors (Lipinski definition) is 0. The fourth-order valence-corrected chi connectivity index (χ4v) is 1.86. The molecule has 1 aromatic carbocycles. The van der Waals surface area contributed by atoms with Crippen molar-refractivity contribution in [3.05, 3.63) is 69.5 Å². The highest BCUT2D eigenvalue weighted by atomic mass is 16.6. The number of nitrogens with zero attached hydrogens (tertiary/aromatic N) is 2. The van der Waals surface area contributed by atoms with Crippen LogP contribution in [0.5, 0.6) is 0 Å². The number of nitro groups is 1. The van der Waals surface area contributed by atoms with E-state index in [4.69, 9.17) is 0 Å². The van der Waals surface area contributed by atoms with E-state index < -0.39 is 4.92 Å². The Morgan fingerprint density at radius 1 is 1.26 bits per heavy atom. The van der Waals surface area contributed by atoms with Crippen LogP contribution in [0, 0.1) is 17.0 Å². The molecular weight excluding hydrogens is 244 g/mol. The fourth-order valence-electron chi connectivity index (χ4n) is 1.86. The number of nitro benzene ring substituents is 1. The summed E-state index contributed by atoms with van der Waals surface area (Å²) in [5.41, 5.74) is 2.01. The van der Waals surface area contributed by atoms with E-state index >= 15 is 0 Å². The minimum Gasteiger partial charge on any atom is -0.294 e. The van der Waals surface area contributed by atoms with Crippen molar-refractivity contribution in [1.82, 2.24) is 4.98 Å². The van der Waals surface area contributed by atoms with Crippen molar-refractivity contribution >= 4 is 11.5 Å². The summed E-state index contributed by atoms with van der Waals surface area (Å²) >= 11 is 0. The molecule has 0 saturated heterocycles. The molecule has 0 aliphatic rings. The summed E-state index contributed by atoms with van der Waals surface area (Å²) in [6.07, 6.45) is 3.53. The number of carbonyl (C=O) groups excluding carboxylic acids is 1. The van der Waals surface area contributed by atoms with Crippen molar-refractivity contribution in [1.29, 1.82) is 0 Å². The zero-order chi connectivity index (χ0) is 13.8. The van der Waals surface area contributed by atoms with Crippen molar-refractivity contribution in [2.75, 3.05) is 0 Å². The summed E-state index contributed by atoms with van der Waals surface area (Å²) in [7, 11) is 0. The van der Waals surface area contributed by atoms with E-state index in [0.29, 0.717) is 11.1 Å². The van der Waals surface area contributed by atoms with Crippen LogP contribution >= 0.6 is 0 Å². The van der Waals surface area contributed by atoms with Crippen molar-refractivity contribution in [2.45, 2.75) is 13.3 Å². The Bertz CT molecular complexity index is 624. The van der Waals surface area contributed by atoms with Gasteiger partial charge in [-0.05, 0) is 36.2 Å². The molecule has 0 amide bonds. The molecule has 0 unspecified atom stereocenters. The predicted octanol–water partition coefficient (Wildman–Crippen LogP) is 2.72. The maximum absolute atomic E-state index is 12.1. The van der Waals surface area contributed by atoms with Gasteiger partial charge in [-0.2, -0.15) is 0 Å². The Hall–Kier alpha value is -2.56. The molecule has 19 heavy (non-hydrogen) atoms. The van der Waals surface area contributed by atoms with Gasteiger partial charge in [-0.15, -0.1) is 0 Å². The predicted molar refractivity (Wildman–Crippen MR) is 70.1 cm³/mol. The molecule has 0 aliphatic carbocycles. The standard InChI is InChI=1S/C14H12N2O3/c1-10-8-12(16(18)19)2-3-13(10)14(17)9-11-4-6-15-7-5-11/h2-8H,9H2,1H3. The number of carbonyl (C=O) groups is 1. The van der Waals surface area contributed by atoms with Gasteiger partial charge in [-0.1, -0.05) is 0 Å². The van der Waals surface area contributed by atoms with E-state index in [2.05, 4.69) is 4.98 Å². The van der Waals surface area contributed by atoms with Gasteiger partial charge in [0, 0.05) is 36.5 Å². The SMILES string of the molecule is Cc1cc([N+](=O)[O-])ccc1C(=O)Cc1ccncc1. The molecule has 0 radical (unpaired) electrons. The zero-order valence-corrected chi connectivity index (χ0v) is 10.4. The number of aryl methyl sites for hydroxylation is 1. The number of non-ortho nitro benzene ring substituents is 1. The van der Waals surface area contributed by atoms with E-state index in [0.717, 1.165) is 5.56 Å². The average Bonchev–Trinajstić information content (AvgIpc) is 2.39.